The van der Waals surface area contributed by atoms with Crippen LogP contribution in [0.5, 0.6) is 23.0 Å². The molecule has 0 bridgehead atoms. The molecule has 0 unspecified atom stereocenters. The molecule has 0 fully saturated rings. The van der Waals surface area contributed by atoms with Crippen molar-refractivity contribution in [3.63, 3.8) is 0 Å². The molecular formula is C29H33NO7. The largest absolute Gasteiger partial charge is 0.504 e. The van der Waals surface area contributed by atoms with Crippen molar-refractivity contribution in [3.8, 4) is 23.0 Å². The summed E-state index contributed by atoms with van der Waals surface area (Å²) in [6.45, 7) is 5.38. The molecule has 2 aromatic carbocycles. The number of aromatic hydroxyl groups is 1. The number of hydrogen-bond acceptors (Lipinski definition) is 8. The van der Waals surface area contributed by atoms with Crippen molar-refractivity contribution >= 4 is 11.8 Å². The molecule has 1 heterocycles. The molecule has 37 heavy (non-hydrogen) atoms. The fourth-order valence-corrected chi connectivity index (χ4v) is 5.14. The Hall–Kier alpha value is -3.94. The first-order chi connectivity index (χ1) is 17.7. The Labute approximate surface area is 216 Å². The fraction of sp³-hybridized carbons (Fsp3) is 0.379. The Morgan fingerprint density at radius 1 is 0.946 bits per heavy atom. The monoisotopic (exact) mass is 507 g/mol. The van der Waals surface area contributed by atoms with Crippen LogP contribution >= 0.6 is 0 Å². The van der Waals surface area contributed by atoms with E-state index in [1.165, 1.54) is 13.2 Å². The van der Waals surface area contributed by atoms with Gasteiger partial charge in [-0.3, -0.25) is 4.79 Å². The van der Waals surface area contributed by atoms with Gasteiger partial charge in [0, 0.05) is 29.3 Å². The topological polar surface area (TPSA) is 103 Å². The number of ether oxygens (including phenoxy) is 4. The van der Waals surface area contributed by atoms with Gasteiger partial charge in [-0.05, 0) is 68.5 Å². The summed E-state index contributed by atoms with van der Waals surface area (Å²) < 4.78 is 21.7. The normalized spacial score (nSPS) is 19.4. The number of dihydropyridines is 1. The minimum absolute atomic E-state index is 0.0233. The lowest BCUT2D eigenvalue weighted by atomic mass is 9.71. The third-order valence-corrected chi connectivity index (χ3v) is 6.81. The molecule has 2 aliphatic rings. The number of phenols is 1. The first kappa shape index (κ1) is 26.1. The van der Waals surface area contributed by atoms with Crippen molar-refractivity contribution in [1.82, 2.24) is 5.32 Å². The zero-order valence-electron chi connectivity index (χ0n) is 22.0. The summed E-state index contributed by atoms with van der Waals surface area (Å²) in [6, 6.07) is 10.6. The van der Waals surface area contributed by atoms with E-state index in [1.54, 1.807) is 40.2 Å². The molecule has 0 radical (unpaired) electrons. The van der Waals surface area contributed by atoms with E-state index in [2.05, 4.69) is 5.32 Å². The minimum atomic E-state index is -0.657. The van der Waals surface area contributed by atoms with Gasteiger partial charge < -0.3 is 29.4 Å². The van der Waals surface area contributed by atoms with Crippen molar-refractivity contribution in [2.45, 2.75) is 51.6 Å². The van der Waals surface area contributed by atoms with E-state index < -0.39 is 11.9 Å². The lowest BCUT2D eigenvalue weighted by molar-refractivity contribution is -0.143. The summed E-state index contributed by atoms with van der Waals surface area (Å²) in [5, 5.41) is 13.5. The van der Waals surface area contributed by atoms with Crippen LogP contribution in [0.2, 0.25) is 0 Å². The second-order valence-electron chi connectivity index (χ2n) is 9.52. The quantitative estimate of drug-likeness (QED) is 0.519. The Balaban J connectivity index is 1.80. The molecule has 0 amide bonds. The van der Waals surface area contributed by atoms with Gasteiger partial charge in [-0.1, -0.05) is 12.1 Å². The Morgan fingerprint density at radius 2 is 1.59 bits per heavy atom. The Morgan fingerprint density at radius 3 is 2.24 bits per heavy atom. The molecule has 4 rings (SSSR count). The average Bonchev–Trinajstić information content (AvgIpc) is 2.87. The van der Waals surface area contributed by atoms with Crippen LogP contribution in [0, 0.1) is 0 Å². The van der Waals surface area contributed by atoms with Crippen molar-refractivity contribution in [3.05, 3.63) is 70.1 Å². The summed E-state index contributed by atoms with van der Waals surface area (Å²) >= 11 is 0. The predicted molar refractivity (Wildman–Crippen MR) is 138 cm³/mol. The van der Waals surface area contributed by atoms with E-state index >= 15 is 0 Å². The SMILES string of the molecule is COc1cc([C@@H]2C(C(=O)OC(C)C)=C(C)NC3=C2C(=O)C[C@H](c2ccc(OC)c(OC)c2)C3)ccc1O. The van der Waals surface area contributed by atoms with Gasteiger partial charge in [0.15, 0.2) is 28.8 Å². The molecule has 8 heteroatoms. The molecule has 1 aliphatic heterocycles. The molecule has 196 valence electrons. The van der Waals surface area contributed by atoms with Crippen LogP contribution in [0.1, 0.15) is 56.6 Å². The number of benzene rings is 2. The van der Waals surface area contributed by atoms with Gasteiger partial charge in [0.25, 0.3) is 0 Å². The van der Waals surface area contributed by atoms with E-state index in [1.807, 2.05) is 25.1 Å². The number of phenolic OH excluding ortho intramolecular Hbond substituents is 1. The van der Waals surface area contributed by atoms with Crippen LogP contribution in [0.3, 0.4) is 0 Å². The third kappa shape index (κ3) is 5.01. The summed E-state index contributed by atoms with van der Waals surface area (Å²) in [4.78, 5) is 27.0. The first-order valence-corrected chi connectivity index (χ1v) is 12.2. The highest BCUT2D eigenvalue weighted by Gasteiger charge is 2.42. The number of carbonyl (C=O) groups is 2. The molecular weight excluding hydrogens is 474 g/mol. The van der Waals surface area contributed by atoms with Crippen LogP contribution in [-0.4, -0.2) is 44.3 Å². The molecule has 2 atom stereocenters. The second kappa shape index (κ2) is 10.6. The van der Waals surface area contributed by atoms with E-state index in [0.29, 0.717) is 40.3 Å². The lowest BCUT2D eigenvalue weighted by Crippen LogP contribution is -2.36. The second-order valence-corrected chi connectivity index (χ2v) is 9.52. The molecule has 0 saturated carbocycles. The zero-order chi connectivity index (χ0) is 26.9. The maximum atomic E-state index is 13.8. The molecule has 8 nitrogen and oxygen atoms in total. The summed E-state index contributed by atoms with van der Waals surface area (Å²) in [5.74, 6) is 0.182. The highest BCUT2D eigenvalue weighted by atomic mass is 16.5. The van der Waals surface area contributed by atoms with Crippen LogP contribution in [0.15, 0.2) is 58.9 Å². The number of carbonyl (C=O) groups excluding carboxylic acids is 2. The molecule has 0 saturated heterocycles. The number of rotatable bonds is 7. The van der Waals surface area contributed by atoms with Crippen LogP contribution < -0.4 is 19.5 Å². The van der Waals surface area contributed by atoms with Crippen molar-refractivity contribution in [1.29, 1.82) is 0 Å². The van der Waals surface area contributed by atoms with E-state index in [4.69, 9.17) is 18.9 Å². The maximum absolute atomic E-state index is 13.8. The van der Waals surface area contributed by atoms with Crippen molar-refractivity contribution in [2.24, 2.45) is 0 Å². The molecule has 0 spiro atoms. The van der Waals surface area contributed by atoms with Gasteiger partial charge >= 0.3 is 5.97 Å². The average molecular weight is 508 g/mol. The van der Waals surface area contributed by atoms with E-state index in [9.17, 15) is 14.7 Å². The standard InChI is InChI=1S/C29H33NO7/c1-15(2)37-29(33)26-16(3)30-20-11-19(17-8-10-23(34-4)25(13-17)36-6)12-22(32)28(20)27(26)18-7-9-21(31)24(14-18)35-5/h7-10,13-15,19,27,30-31H,11-12H2,1-6H3/t19-,27-/m1/s1. The number of allylic oxidation sites excluding steroid dienone is 3. The Bertz CT molecular complexity index is 1290. The number of ketones is 1. The smallest absolute Gasteiger partial charge is 0.337 e. The number of nitrogens with one attached hydrogen (secondary N) is 1. The van der Waals surface area contributed by atoms with Crippen LogP contribution in [0.4, 0.5) is 0 Å². The number of Topliss-reactive ketones (excluding diaryl/α,β-unsaturated/α-hetero) is 1. The first-order valence-electron chi connectivity index (χ1n) is 12.2. The molecule has 2 N–H and O–H groups in total. The Kier molecular flexibility index (Phi) is 7.47. The molecule has 2 aromatic rings. The van der Waals surface area contributed by atoms with Gasteiger partial charge in [0.2, 0.25) is 0 Å². The van der Waals surface area contributed by atoms with E-state index in [-0.39, 0.29) is 35.7 Å². The number of hydrogen-bond donors (Lipinski definition) is 2. The van der Waals surface area contributed by atoms with Crippen LogP contribution in [0.25, 0.3) is 0 Å². The van der Waals surface area contributed by atoms with Crippen molar-refractivity contribution in [2.75, 3.05) is 21.3 Å². The number of esters is 1. The zero-order valence-corrected chi connectivity index (χ0v) is 22.0. The summed E-state index contributed by atoms with van der Waals surface area (Å²) in [7, 11) is 4.63. The highest BCUT2D eigenvalue weighted by molar-refractivity contribution is 6.04. The van der Waals surface area contributed by atoms with Gasteiger partial charge in [-0.2, -0.15) is 0 Å². The number of methoxy groups -OCH3 is 3. The van der Waals surface area contributed by atoms with E-state index in [0.717, 1.165) is 11.3 Å². The van der Waals surface area contributed by atoms with Gasteiger partial charge in [-0.15, -0.1) is 0 Å². The third-order valence-electron chi connectivity index (χ3n) is 6.81. The predicted octanol–water partition coefficient (Wildman–Crippen LogP) is 4.73. The summed E-state index contributed by atoms with van der Waals surface area (Å²) in [5.41, 5.74) is 3.93. The summed E-state index contributed by atoms with van der Waals surface area (Å²) in [6.07, 6.45) is 0.522. The van der Waals surface area contributed by atoms with Gasteiger partial charge in [0.1, 0.15) is 0 Å². The molecule has 0 aromatic heterocycles. The lowest BCUT2D eigenvalue weighted by Gasteiger charge is -2.37. The van der Waals surface area contributed by atoms with Crippen molar-refractivity contribution < 1.29 is 33.6 Å². The molecule has 1 aliphatic carbocycles. The maximum Gasteiger partial charge on any atom is 0.337 e. The van der Waals surface area contributed by atoms with Crippen LogP contribution in [-0.2, 0) is 14.3 Å². The van der Waals surface area contributed by atoms with Gasteiger partial charge in [0.05, 0.1) is 33.0 Å². The minimum Gasteiger partial charge on any atom is -0.504 e. The highest BCUT2D eigenvalue weighted by Crippen LogP contribution is 2.47. The fourth-order valence-electron chi connectivity index (χ4n) is 5.14. The van der Waals surface area contributed by atoms with Gasteiger partial charge in [-0.25, -0.2) is 4.79 Å².